The topological polar surface area (TPSA) is 69.2 Å². The van der Waals surface area contributed by atoms with Crippen molar-refractivity contribution in [2.75, 3.05) is 43.2 Å². The van der Waals surface area contributed by atoms with Crippen LogP contribution in [0.1, 0.15) is 0 Å². The molecule has 2 N–H and O–H groups in total. The maximum atomic E-state index is 5.76. The quantitative estimate of drug-likeness (QED) is 0.722. The second kappa shape index (κ2) is 4.98. The van der Waals surface area contributed by atoms with Crippen molar-refractivity contribution in [2.24, 2.45) is 0 Å². The van der Waals surface area contributed by atoms with Crippen LogP contribution in [0.5, 0.6) is 0 Å². The van der Waals surface area contributed by atoms with Gasteiger partial charge in [0, 0.05) is 13.1 Å². The van der Waals surface area contributed by atoms with Crippen molar-refractivity contribution in [1.29, 1.82) is 0 Å². The molecule has 0 bridgehead atoms. The van der Waals surface area contributed by atoms with Crippen LogP contribution in [0.2, 0.25) is 0 Å². The van der Waals surface area contributed by atoms with Crippen LogP contribution in [0.3, 0.4) is 0 Å². The normalized spacial score (nSPS) is 16.4. The average Bonchev–Trinajstić information content (AvgIpc) is 2.71. The lowest BCUT2D eigenvalue weighted by molar-refractivity contribution is 0.122. The Kier molecular flexibility index (Phi) is 3.62. The van der Waals surface area contributed by atoms with Crippen molar-refractivity contribution < 1.29 is 4.74 Å². The van der Waals surface area contributed by atoms with Crippen molar-refractivity contribution in [3.63, 3.8) is 0 Å². The lowest BCUT2D eigenvalue weighted by atomic mass is 10.4. The molecule has 2 rings (SSSR count). The zero-order chi connectivity index (χ0) is 11.5. The van der Waals surface area contributed by atoms with Crippen LogP contribution in [0.4, 0.5) is 11.9 Å². The minimum absolute atomic E-state index is 0.334. The van der Waals surface area contributed by atoms with E-state index in [1.165, 1.54) is 16.4 Å². The molecule has 16 heavy (non-hydrogen) atoms. The summed E-state index contributed by atoms with van der Waals surface area (Å²) in [6.45, 7) is 2.97. The number of thioether (sulfide) groups is 1. The van der Waals surface area contributed by atoms with Crippen LogP contribution in [-0.4, -0.2) is 51.6 Å². The number of aromatic nitrogens is 3. The molecule has 0 aromatic carbocycles. The van der Waals surface area contributed by atoms with Crippen LogP contribution < -0.4 is 10.6 Å². The van der Waals surface area contributed by atoms with E-state index in [-0.39, 0.29) is 0 Å². The van der Waals surface area contributed by atoms with E-state index in [0.717, 1.165) is 13.1 Å². The van der Waals surface area contributed by atoms with Crippen LogP contribution in [-0.2, 0) is 4.74 Å². The monoisotopic (exact) mass is 259 g/mol. The average molecular weight is 259 g/mol. The molecule has 1 aliphatic heterocycles. The van der Waals surface area contributed by atoms with E-state index in [2.05, 4.69) is 10.1 Å². The lowest BCUT2D eigenvalue weighted by Crippen LogP contribution is -2.37. The van der Waals surface area contributed by atoms with E-state index in [1.54, 1.807) is 0 Å². The first-order valence-electron chi connectivity index (χ1n) is 4.86. The Morgan fingerprint density at radius 3 is 2.81 bits per heavy atom. The first-order chi connectivity index (χ1) is 7.72. The third kappa shape index (κ3) is 2.28. The molecule has 1 aromatic heterocycles. The minimum Gasteiger partial charge on any atom is -0.378 e. The molecule has 0 saturated carbocycles. The van der Waals surface area contributed by atoms with E-state index in [9.17, 15) is 0 Å². The van der Waals surface area contributed by atoms with Crippen molar-refractivity contribution in [3.05, 3.63) is 0 Å². The molecule has 88 valence electrons. The summed E-state index contributed by atoms with van der Waals surface area (Å²) < 4.78 is 7.35. The Balaban J connectivity index is 2.19. The third-order valence-electron chi connectivity index (χ3n) is 2.26. The second-order valence-corrected chi connectivity index (χ2v) is 4.69. The molecule has 0 unspecified atom stereocenters. The summed E-state index contributed by atoms with van der Waals surface area (Å²) in [5.41, 5.74) is 5.76. The molecule has 6 nitrogen and oxygen atoms in total. The number of anilines is 2. The van der Waals surface area contributed by atoms with Crippen molar-refractivity contribution in [3.8, 4) is 0 Å². The van der Waals surface area contributed by atoms with Gasteiger partial charge in [-0.3, -0.25) is 0 Å². The van der Waals surface area contributed by atoms with Crippen molar-refractivity contribution >= 4 is 40.2 Å². The molecule has 1 fully saturated rings. The van der Waals surface area contributed by atoms with Gasteiger partial charge < -0.3 is 15.4 Å². The Morgan fingerprint density at radius 1 is 1.50 bits per heavy atom. The van der Waals surface area contributed by atoms with Gasteiger partial charge in [-0.15, -0.1) is 5.10 Å². The standard InChI is InChI=1S/C8H13N5OS2/c1-16-8(15)13-6(9)10-7(11-13)12-2-4-14-5-3-12/h2-5H2,1H3,(H2,9,10,11). The molecule has 1 aromatic rings. The summed E-state index contributed by atoms with van der Waals surface area (Å²) in [5, 5.41) is 4.29. The minimum atomic E-state index is 0.334. The molecule has 8 heteroatoms. The third-order valence-corrected chi connectivity index (χ3v) is 3.46. The molecule has 0 radical (unpaired) electrons. The number of ether oxygens (including phenoxy) is 1. The first-order valence-corrected chi connectivity index (χ1v) is 6.49. The van der Waals surface area contributed by atoms with Gasteiger partial charge in [0.1, 0.15) is 0 Å². The Bertz CT molecular complexity index is 388. The molecule has 1 aliphatic rings. The number of nitrogens with two attached hydrogens (primary N) is 1. The molecule has 0 spiro atoms. The molecule has 1 saturated heterocycles. The largest absolute Gasteiger partial charge is 0.378 e. The number of thiocarbonyl (C=S) groups is 1. The highest BCUT2D eigenvalue weighted by atomic mass is 32.2. The van der Waals surface area contributed by atoms with E-state index in [4.69, 9.17) is 22.7 Å². The van der Waals surface area contributed by atoms with Gasteiger partial charge in [0.05, 0.1) is 13.2 Å². The number of rotatable bonds is 1. The van der Waals surface area contributed by atoms with E-state index in [0.29, 0.717) is 29.4 Å². The van der Waals surface area contributed by atoms with Crippen molar-refractivity contribution in [1.82, 2.24) is 14.8 Å². The van der Waals surface area contributed by atoms with E-state index in [1.807, 2.05) is 11.2 Å². The summed E-state index contributed by atoms with van der Waals surface area (Å²) in [5.74, 6) is 0.957. The molecular formula is C8H13N5OS2. The summed E-state index contributed by atoms with van der Waals surface area (Å²) in [7, 11) is 0. The number of hydrogen-bond donors (Lipinski definition) is 1. The van der Waals surface area contributed by atoms with Crippen LogP contribution in [0.15, 0.2) is 0 Å². The number of morpholine rings is 1. The van der Waals surface area contributed by atoms with Crippen LogP contribution >= 0.6 is 24.0 Å². The Labute approximate surface area is 103 Å². The first kappa shape index (κ1) is 11.6. The Hall–Kier alpha value is -0.860. The maximum absolute atomic E-state index is 5.76. The fraction of sp³-hybridized carbons (Fsp3) is 0.625. The van der Waals surface area contributed by atoms with Gasteiger partial charge in [-0.05, 0) is 6.26 Å². The van der Waals surface area contributed by atoms with Gasteiger partial charge in [0.2, 0.25) is 11.9 Å². The predicted molar refractivity (Wildman–Crippen MR) is 69.0 cm³/mol. The molecule has 0 amide bonds. The molecular weight excluding hydrogens is 246 g/mol. The number of nitrogens with zero attached hydrogens (tertiary/aromatic N) is 4. The highest BCUT2D eigenvalue weighted by Crippen LogP contribution is 2.14. The fourth-order valence-corrected chi connectivity index (χ4v) is 1.87. The van der Waals surface area contributed by atoms with Crippen molar-refractivity contribution in [2.45, 2.75) is 0 Å². The maximum Gasteiger partial charge on any atom is 0.247 e. The zero-order valence-corrected chi connectivity index (χ0v) is 10.6. The Morgan fingerprint density at radius 2 is 2.19 bits per heavy atom. The molecule has 0 aliphatic carbocycles. The predicted octanol–water partition coefficient (Wildman–Crippen LogP) is 0.193. The van der Waals surface area contributed by atoms with Crippen LogP contribution in [0.25, 0.3) is 0 Å². The van der Waals surface area contributed by atoms with Gasteiger partial charge in [0.25, 0.3) is 0 Å². The van der Waals surface area contributed by atoms with Crippen LogP contribution in [0, 0.1) is 0 Å². The SMILES string of the molecule is CSC(=S)n1nc(N2CCOCC2)nc1N. The van der Waals surface area contributed by atoms with Gasteiger partial charge in [-0.1, -0.05) is 24.0 Å². The highest BCUT2D eigenvalue weighted by molar-refractivity contribution is 8.22. The lowest BCUT2D eigenvalue weighted by Gasteiger charge is -2.25. The summed E-state index contributed by atoms with van der Waals surface area (Å²) in [6, 6.07) is 0. The van der Waals surface area contributed by atoms with Gasteiger partial charge in [-0.25, -0.2) is 0 Å². The summed E-state index contributed by atoms with van der Waals surface area (Å²) >= 11 is 6.54. The number of nitrogen functional groups attached to an aromatic ring is 1. The molecule has 0 atom stereocenters. The molecule has 2 heterocycles. The zero-order valence-electron chi connectivity index (χ0n) is 8.92. The van der Waals surface area contributed by atoms with Gasteiger partial charge >= 0.3 is 0 Å². The van der Waals surface area contributed by atoms with E-state index >= 15 is 0 Å². The summed E-state index contributed by atoms with van der Waals surface area (Å²) in [6.07, 6.45) is 1.89. The van der Waals surface area contributed by atoms with E-state index < -0.39 is 0 Å². The summed E-state index contributed by atoms with van der Waals surface area (Å²) in [4.78, 5) is 6.24. The van der Waals surface area contributed by atoms with Gasteiger partial charge in [-0.2, -0.15) is 9.67 Å². The smallest absolute Gasteiger partial charge is 0.247 e. The van der Waals surface area contributed by atoms with Gasteiger partial charge in [0.15, 0.2) is 4.32 Å². The highest BCUT2D eigenvalue weighted by Gasteiger charge is 2.18. The number of hydrogen-bond acceptors (Lipinski definition) is 7. The second-order valence-electron chi connectivity index (χ2n) is 3.25. The fourth-order valence-electron chi connectivity index (χ4n) is 1.43.